The number of nitrogens with one attached hydrogen (secondary N) is 1. The summed E-state index contributed by atoms with van der Waals surface area (Å²) >= 11 is 5.86. The van der Waals surface area contributed by atoms with Crippen LogP contribution in [0, 0.1) is 5.82 Å². The monoisotopic (exact) mass is 337 g/mol. The van der Waals surface area contributed by atoms with E-state index in [0.717, 1.165) is 12.1 Å². The second-order valence-corrected chi connectivity index (χ2v) is 5.51. The van der Waals surface area contributed by atoms with Gasteiger partial charge in [0.1, 0.15) is 11.6 Å². The second-order valence-electron chi connectivity index (χ2n) is 5.10. The molecule has 0 heterocycles. The van der Waals surface area contributed by atoms with Crippen molar-refractivity contribution in [2.45, 2.75) is 19.1 Å². The zero-order valence-electron chi connectivity index (χ0n) is 12.7. The Morgan fingerprint density at radius 3 is 2.48 bits per heavy atom. The van der Waals surface area contributed by atoms with Crippen molar-refractivity contribution in [1.29, 1.82) is 0 Å². The van der Waals surface area contributed by atoms with Crippen molar-refractivity contribution in [2.24, 2.45) is 0 Å². The summed E-state index contributed by atoms with van der Waals surface area (Å²) in [6, 6.07) is 9.87. The van der Waals surface area contributed by atoms with Crippen molar-refractivity contribution in [3.05, 3.63) is 64.4 Å². The molecule has 0 saturated carbocycles. The molecular weight excluding hydrogens is 321 g/mol. The number of benzene rings is 2. The molecule has 1 amide bonds. The number of aliphatic hydroxyl groups excluding tert-OH is 1. The number of ether oxygens (including phenoxy) is 1. The molecule has 0 radical (unpaired) electrons. The number of methoxy groups -OCH3 is 1. The molecule has 0 spiro atoms. The van der Waals surface area contributed by atoms with Gasteiger partial charge in [0.05, 0.1) is 29.8 Å². The third kappa shape index (κ3) is 4.21. The van der Waals surface area contributed by atoms with Crippen LogP contribution in [0.1, 0.15) is 28.9 Å². The molecule has 2 atom stereocenters. The standard InChI is InChI=1S/C17H17ClFNO3/c1-10(16(21)11-3-6-13(23-2)7-4-11)20-17(22)14-8-5-12(19)9-15(14)18/h3-10,16,21H,1-2H3,(H,20,22). The maximum atomic E-state index is 13.0. The number of rotatable bonds is 5. The summed E-state index contributed by atoms with van der Waals surface area (Å²) in [7, 11) is 1.56. The summed E-state index contributed by atoms with van der Waals surface area (Å²) < 4.78 is 18.1. The maximum absolute atomic E-state index is 13.0. The molecule has 0 bridgehead atoms. The molecule has 2 N–H and O–H groups in total. The molecule has 0 aliphatic rings. The first-order valence-electron chi connectivity index (χ1n) is 7.00. The van der Waals surface area contributed by atoms with E-state index in [0.29, 0.717) is 11.3 Å². The number of amides is 1. The van der Waals surface area contributed by atoms with Gasteiger partial charge in [-0.15, -0.1) is 0 Å². The molecule has 0 fully saturated rings. The van der Waals surface area contributed by atoms with Gasteiger partial charge in [-0.25, -0.2) is 4.39 Å². The zero-order chi connectivity index (χ0) is 17.0. The summed E-state index contributed by atoms with van der Waals surface area (Å²) in [5.74, 6) is -0.316. The van der Waals surface area contributed by atoms with Crippen LogP contribution in [0.4, 0.5) is 4.39 Å². The van der Waals surface area contributed by atoms with Crippen LogP contribution in [-0.4, -0.2) is 24.2 Å². The minimum absolute atomic E-state index is 0.0219. The lowest BCUT2D eigenvalue weighted by molar-refractivity contribution is 0.0852. The smallest absolute Gasteiger partial charge is 0.253 e. The van der Waals surface area contributed by atoms with E-state index >= 15 is 0 Å². The molecule has 0 aliphatic heterocycles. The molecule has 0 aliphatic carbocycles. The van der Waals surface area contributed by atoms with E-state index in [1.807, 2.05) is 0 Å². The van der Waals surface area contributed by atoms with E-state index in [4.69, 9.17) is 16.3 Å². The number of hydrogen-bond acceptors (Lipinski definition) is 3. The number of carbonyl (C=O) groups excluding carboxylic acids is 1. The van der Waals surface area contributed by atoms with E-state index in [1.54, 1.807) is 38.3 Å². The Morgan fingerprint density at radius 2 is 1.91 bits per heavy atom. The Kier molecular flexibility index (Phi) is 5.58. The topological polar surface area (TPSA) is 58.6 Å². The first-order valence-corrected chi connectivity index (χ1v) is 7.38. The van der Waals surface area contributed by atoms with Gasteiger partial charge in [-0.1, -0.05) is 23.7 Å². The SMILES string of the molecule is COc1ccc(C(O)C(C)NC(=O)c2ccc(F)cc2Cl)cc1. The number of hydrogen-bond donors (Lipinski definition) is 2. The zero-order valence-corrected chi connectivity index (χ0v) is 13.5. The predicted octanol–water partition coefficient (Wildman–Crippen LogP) is 3.34. The van der Waals surface area contributed by atoms with Gasteiger partial charge in [0.15, 0.2) is 0 Å². The van der Waals surface area contributed by atoms with Gasteiger partial charge in [-0.2, -0.15) is 0 Å². The van der Waals surface area contributed by atoms with Gasteiger partial charge >= 0.3 is 0 Å². The lowest BCUT2D eigenvalue weighted by Crippen LogP contribution is -2.37. The van der Waals surface area contributed by atoms with Crippen molar-refractivity contribution in [3.8, 4) is 5.75 Å². The average molecular weight is 338 g/mol. The molecule has 2 rings (SSSR count). The number of carbonyl (C=O) groups is 1. The van der Waals surface area contributed by atoms with E-state index in [9.17, 15) is 14.3 Å². The minimum atomic E-state index is -0.899. The Bertz CT molecular complexity index is 691. The molecule has 2 aromatic rings. The quantitative estimate of drug-likeness (QED) is 0.879. The maximum Gasteiger partial charge on any atom is 0.253 e. The van der Waals surface area contributed by atoms with Crippen LogP contribution < -0.4 is 10.1 Å². The largest absolute Gasteiger partial charge is 0.497 e. The van der Waals surface area contributed by atoms with Crippen LogP contribution in [0.25, 0.3) is 0 Å². The molecule has 0 saturated heterocycles. The van der Waals surface area contributed by atoms with Crippen molar-refractivity contribution in [3.63, 3.8) is 0 Å². The van der Waals surface area contributed by atoms with Crippen LogP contribution in [0.5, 0.6) is 5.75 Å². The van der Waals surface area contributed by atoms with Crippen LogP contribution in [-0.2, 0) is 0 Å². The van der Waals surface area contributed by atoms with Gasteiger partial charge in [0, 0.05) is 0 Å². The van der Waals surface area contributed by atoms with Gasteiger partial charge in [0.25, 0.3) is 5.91 Å². The molecule has 6 heteroatoms. The van der Waals surface area contributed by atoms with Gasteiger partial charge in [-0.05, 0) is 42.8 Å². The third-order valence-corrected chi connectivity index (χ3v) is 3.78. The highest BCUT2D eigenvalue weighted by molar-refractivity contribution is 6.33. The summed E-state index contributed by atoms with van der Waals surface area (Å²) in [5.41, 5.74) is 0.797. The fourth-order valence-electron chi connectivity index (χ4n) is 2.13. The summed E-state index contributed by atoms with van der Waals surface area (Å²) in [6.45, 7) is 1.67. The van der Waals surface area contributed by atoms with E-state index in [2.05, 4.69) is 5.32 Å². The number of halogens is 2. The normalized spacial score (nSPS) is 13.3. The Balaban J connectivity index is 2.07. The lowest BCUT2D eigenvalue weighted by atomic mass is 10.0. The molecule has 23 heavy (non-hydrogen) atoms. The third-order valence-electron chi connectivity index (χ3n) is 3.47. The van der Waals surface area contributed by atoms with Crippen LogP contribution in [0.2, 0.25) is 5.02 Å². The fraction of sp³-hybridized carbons (Fsp3) is 0.235. The fourth-order valence-corrected chi connectivity index (χ4v) is 2.38. The summed E-state index contributed by atoms with van der Waals surface area (Å²) in [5, 5.41) is 13.0. The Hall–Kier alpha value is -2.11. The van der Waals surface area contributed by atoms with Crippen molar-refractivity contribution < 1.29 is 19.0 Å². The summed E-state index contributed by atoms with van der Waals surface area (Å²) in [4.78, 5) is 12.2. The van der Waals surface area contributed by atoms with Crippen molar-refractivity contribution in [1.82, 2.24) is 5.32 Å². The highest BCUT2D eigenvalue weighted by Crippen LogP contribution is 2.21. The predicted molar refractivity (Wildman–Crippen MR) is 86.3 cm³/mol. The molecular formula is C17H17ClFNO3. The molecule has 2 aromatic carbocycles. The highest BCUT2D eigenvalue weighted by Gasteiger charge is 2.20. The first-order chi connectivity index (χ1) is 10.9. The first kappa shape index (κ1) is 17.2. The Labute approximate surface area is 138 Å². The van der Waals surface area contributed by atoms with Crippen LogP contribution in [0.15, 0.2) is 42.5 Å². The molecule has 122 valence electrons. The molecule has 0 aromatic heterocycles. The van der Waals surface area contributed by atoms with Crippen molar-refractivity contribution >= 4 is 17.5 Å². The lowest BCUT2D eigenvalue weighted by Gasteiger charge is -2.21. The van der Waals surface area contributed by atoms with Crippen LogP contribution in [0.3, 0.4) is 0 Å². The van der Waals surface area contributed by atoms with E-state index < -0.39 is 23.9 Å². The Morgan fingerprint density at radius 1 is 1.26 bits per heavy atom. The van der Waals surface area contributed by atoms with Gasteiger partial charge < -0.3 is 15.2 Å². The molecule has 2 unspecified atom stereocenters. The molecule has 4 nitrogen and oxygen atoms in total. The number of aliphatic hydroxyl groups is 1. The van der Waals surface area contributed by atoms with Crippen molar-refractivity contribution in [2.75, 3.05) is 7.11 Å². The van der Waals surface area contributed by atoms with Crippen LogP contribution >= 0.6 is 11.6 Å². The van der Waals surface area contributed by atoms with E-state index in [1.165, 1.54) is 6.07 Å². The highest BCUT2D eigenvalue weighted by atomic mass is 35.5. The van der Waals surface area contributed by atoms with Gasteiger partial charge in [-0.3, -0.25) is 4.79 Å². The second kappa shape index (κ2) is 7.44. The summed E-state index contributed by atoms with van der Waals surface area (Å²) in [6.07, 6.45) is -0.899. The minimum Gasteiger partial charge on any atom is -0.497 e. The van der Waals surface area contributed by atoms with E-state index in [-0.39, 0.29) is 10.6 Å². The average Bonchev–Trinajstić information content (AvgIpc) is 2.54. The van der Waals surface area contributed by atoms with Gasteiger partial charge in [0.2, 0.25) is 0 Å².